The summed E-state index contributed by atoms with van der Waals surface area (Å²) < 4.78 is 32.7. The summed E-state index contributed by atoms with van der Waals surface area (Å²) in [5.74, 6) is 0. The maximum Gasteiger partial charge on any atom is 0.415 e. The summed E-state index contributed by atoms with van der Waals surface area (Å²) in [4.78, 5) is 0. The van der Waals surface area contributed by atoms with Crippen LogP contribution in [0.3, 0.4) is 0 Å². The Morgan fingerprint density at radius 3 is 1.36 bits per heavy atom. The van der Waals surface area contributed by atoms with E-state index in [1.54, 1.807) is 0 Å². The summed E-state index contributed by atoms with van der Waals surface area (Å²) in [5.41, 5.74) is 0. The van der Waals surface area contributed by atoms with Crippen molar-refractivity contribution in [2.45, 2.75) is 10.3 Å². The van der Waals surface area contributed by atoms with Crippen LogP contribution >= 0.6 is 88.6 Å². The second kappa shape index (κ2) is 3.93. The zero-order valence-electron chi connectivity index (χ0n) is 4.52. The molecule has 0 rings (SSSR count). The normalized spacial score (nSPS) is 15.3. The molecule has 0 aromatic heterocycles. The highest BCUT2D eigenvalue weighted by molar-refractivity contribution is 14.2. The zero-order chi connectivity index (χ0) is 9.50. The second-order valence-corrected chi connectivity index (χ2v) is 11.8. The molecule has 0 aliphatic rings. The molecule has 0 atom stereocenters. The fourth-order valence-corrected chi connectivity index (χ4v) is 0.717. The third-order valence-electron chi connectivity index (χ3n) is 0.712. The summed E-state index contributed by atoms with van der Waals surface area (Å²) >= 11 is 13.2. The first-order chi connectivity index (χ1) is 4.50. The van der Waals surface area contributed by atoms with Gasteiger partial charge in [-0.3, -0.25) is 0 Å². The Labute approximate surface area is 111 Å². The predicted octanol–water partition coefficient (Wildman–Crippen LogP) is 4.80. The van der Waals surface area contributed by atoms with Gasteiger partial charge in [0.25, 0.3) is 0 Å². The van der Waals surface area contributed by atoms with Gasteiger partial charge in [0.05, 0.1) is 0 Å². The SMILES string of the molecule is FC(F)(F)C(I)(I)C(Cl)(Br)Br. The van der Waals surface area contributed by atoms with Gasteiger partial charge in [0, 0.05) is 0 Å². The van der Waals surface area contributed by atoms with Crippen LogP contribution in [0.2, 0.25) is 0 Å². The van der Waals surface area contributed by atoms with E-state index in [-0.39, 0.29) is 0 Å². The number of hydrogen-bond donors (Lipinski definition) is 0. The Balaban J connectivity index is 4.75. The second-order valence-electron chi connectivity index (χ2n) is 1.57. The van der Waals surface area contributed by atoms with Crippen LogP contribution in [0.25, 0.3) is 0 Å². The summed E-state index contributed by atoms with van der Waals surface area (Å²) in [6, 6.07) is 0. The van der Waals surface area contributed by atoms with Crippen LogP contribution in [0.5, 0.6) is 0 Å². The van der Waals surface area contributed by atoms with Crippen LogP contribution < -0.4 is 0 Å². The van der Waals surface area contributed by atoms with E-state index in [1.807, 2.05) is 0 Å². The van der Waals surface area contributed by atoms with Gasteiger partial charge in [0.2, 0.25) is 1.43 Å². The Morgan fingerprint density at radius 2 is 1.36 bits per heavy atom. The third kappa shape index (κ3) is 3.28. The molecule has 0 spiro atoms. The number of rotatable bonds is 1. The molecule has 0 heterocycles. The van der Waals surface area contributed by atoms with Crippen molar-refractivity contribution in [3.05, 3.63) is 0 Å². The molecule has 0 unspecified atom stereocenters. The van der Waals surface area contributed by atoms with Crippen molar-refractivity contribution in [1.29, 1.82) is 0 Å². The van der Waals surface area contributed by atoms with Gasteiger partial charge in [-0.25, -0.2) is 0 Å². The molecule has 0 radical (unpaired) electrons. The molecule has 0 N–H and O–H groups in total. The van der Waals surface area contributed by atoms with Gasteiger partial charge in [-0.05, 0) is 0 Å². The number of alkyl halides is 8. The quantitative estimate of drug-likeness (QED) is 0.330. The standard InChI is InChI=1S/C3Br2ClF3I2/c4-2(5,6)1(10,11)3(7,8)9. The van der Waals surface area contributed by atoms with Gasteiger partial charge in [-0.1, -0.05) is 88.6 Å². The van der Waals surface area contributed by atoms with Gasteiger partial charge in [0.15, 0.2) is 2.69 Å². The lowest BCUT2D eigenvalue weighted by atomic mass is 10.5. The Bertz CT molecular complexity index is 136. The molecule has 11 heavy (non-hydrogen) atoms. The highest BCUT2D eigenvalue weighted by atomic mass is 127. The summed E-state index contributed by atoms with van der Waals surface area (Å²) in [6.45, 7) is 0. The van der Waals surface area contributed by atoms with Crippen LogP contribution in [-0.2, 0) is 0 Å². The van der Waals surface area contributed by atoms with Gasteiger partial charge >= 0.3 is 6.18 Å². The minimum absolute atomic E-state index is 1.23. The first-order valence-corrected chi connectivity index (χ1v) is 6.13. The van der Waals surface area contributed by atoms with E-state index in [4.69, 9.17) is 11.6 Å². The molecular formula is C3Br2ClF3I2. The molecular weight excluding hydrogens is 542 g/mol. The highest BCUT2D eigenvalue weighted by Crippen LogP contribution is 2.59. The largest absolute Gasteiger partial charge is 0.415 e. The smallest absolute Gasteiger partial charge is 0.168 e. The monoisotopic (exact) mass is 540 g/mol. The van der Waals surface area contributed by atoms with E-state index in [9.17, 15) is 13.2 Å². The van der Waals surface area contributed by atoms with Crippen molar-refractivity contribution in [2.24, 2.45) is 0 Å². The molecule has 0 saturated heterocycles. The fraction of sp³-hybridized carbons (Fsp3) is 1.00. The summed E-state index contributed by atoms with van der Waals surface area (Å²) in [7, 11) is 0. The van der Waals surface area contributed by atoms with E-state index < -0.39 is 10.3 Å². The molecule has 0 fully saturated rings. The van der Waals surface area contributed by atoms with E-state index in [2.05, 4.69) is 31.9 Å². The van der Waals surface area contributed by atoms with E-state index in [0.29, 0.717) is 0 Å². The Morgan fingerprint density at radius 1 is 1.09 bits per heavy atom. The average molecular weight is 542 g/mol. The molecule has 0 aromatic rings. The van der Waals surface area contributed by atoms with E-state index >= 15 is 0 Å². The highest BCUT2D eigenvalue weighted by Gasteiger charge is 2.62. The van der Waals surface area contributed by atoms with Crippen molar-refractivity contribution >= 4 is 88.6 Å². The van der Waals surface area contributed by atoms with E-state index in [0.717, 1.165) is 0 Å². The molecule has 0 amide bonds. The van der Waals surface area contributed by atoms with Crippen LogP contribution in [0.1, 0.15) is 0 Å². The fourth-order valence-electron chi connectivity index (χ4n) is 0.161. The van der Waals surface area contributed by atoms with Crippen LogP contribution in [-0.4, -0.2) is 10.3 Å². The van der Waals surface area contributed by atoms with Gasteiger partial charge < -0.3 is 0 Å². The number of halogens is 8. The van der Waals surface area contributed by atoms with Gasteiger partial charge in [-0.15, -0.1) is 0 Å². The number of hydrogen-bond acceptors (Lipinski definition) is 0. The lowest BCUT2D eigenvalue weighted by molar-refractivity contribution is -0.126. The van der Waals surface area contributed by atoms with Crippen molar-refractivity contribution in [3.8, 4) is 0 Å². The maximum atomic E-state index is 12.2. The van der Waals surface area contributed by atoms with Crippen LogP contribution in [0.4, 0.5) is 13.2 Å². The molecule has 0 aliphatic carbocycles. The minimum Gasteiger partial charge on any atom is -0.168 e. The molecule has 0 saturated carbocycles. The summed E-state index contributed by atoms with van der Waals surface area (Å²) in [5, 5.41) is 0. The van der Waals surface area contributed by atoms with Crippen molar-refractivity contribution < 1.29 is 13.2 Å². The van der Waals surface area contributed by atoms with Crippen molar-refractivity contribution in [2.75, 3.05) is 0 Å². The third-order valence-corrected chi connectivity index (χ3v) is 8.63. The Hall–Kier alpha value is 2.50. The molecule has 0 aliphatic heterocycles. The van der Waals surface area contributed by atoms with Gasteiger partial charge in [-0.2, -0.15) is 13.2 Å². The lowest BCUT2D eigenvalue weighted by Gasteiger charge is -2.30. The molecule has 0 aromatic carbocycles. The van der Waals surface area contributed by atoms with Crippen LogP contribution in [0, 0.1) is 0 Å². The van der Waals surface area contributed by atoms with Crippen molar-refractivity contribution in [1.82, 2.24) is 0 Å². The van der Waals surface area contributed by atoms with Gasteiger partial charge in [0.1, 0.15) is 0 Å². The molecule has 0 nitrogen and oxygen atoms in total. The lowest BCUT2D eigenvalue weighted by Crippen LogP contribution is -2.43. The maximum absolute atomic E-state index is 12.2. The molecule has 8 heteroatoms. The zero-order valence-corrected chi connectivity index (χ0v) is 12.8. The van der Waals surface area contributed by atoms with E-state index in [1.165, 1.54) is 45.2 Å². The minimum atomic E-state index is -4.37. The average Bonchev–Trinajstić information content (AvgIpc) is 1.58. The molecule has 68 valence electrons. The van der Waals surface area contributed by atoms with Crippen LogP contribution in [0.15, 0.2) is 0 Å². The first kappa shape index (κ1) is 13.5. The predicted molar refractivity (Wildman–Crippen MR) is 63.3 cm³/mol. The summed E-state index contributed by atoms with van der Waals surface area (Å²) in [6.07, 6.45) is -4.37. The Kier molecular flexibility index (Phi) is 4.83. The van der Waals surface area contributed by atoms with Crippen molar-refractivity contribution in [3.63, 3.8) is 0 Å². The molecule has 0 bridgehead atoms. The first-order valence-electron chi connectivity index (χ1n) is 2.01. The topological polar surface area (TPSA) is 0 Å².